The van der Waals surface area contributed by atoms with E-state index in [0.717, 1.165) is 18.7 Å². The minimum atomic E-state index is -0.0945. The number of methoxy groups -OCH3 is 1. The first-order valence-corrected chi connectivity index (χ1v) is 8.48. The maximum absolute atomic E-state index is 12.8. The van der Waals surface area contributed by atoms with Crippen molar-refractivity contribution in [2.45, 2.75) is 32.0 Å². The molecule has 0 radical (unpaired) electrons. The Balaban J connectivity index is 1.46. The molecular weight excluding hydrogens is 322 g/mol. The van der Waals surface area contributed by atoms with E-state index >= 15 is 0 Å². The van der Waals surface area contributed by atoms with Crippen LogP contribution >= 0.6 is 0 Å². The average molecular weight is 343 g/mol. The molecule has 1 amide bonds. The Hall–Kier alpha value is -2.48. The van der Waals surface area contributed by atoms with Gasteiger partial charge in [-0.15, -0.1) is 0 Å². The summed E-state index contributed by atoms with van der Waals surface area (Å²) < 4.78 is 11.4. The molecule has 0 bridgehead atoms. The second kappa shape index (κ2) is 6.44. The van der Waals surface area contributed by atoms with E-state index in [1.807, 2.05) is 11.8 Å². The fraction of sp³-hybridized carbons (Fsp3) is 0.529. The first-order chi connectivity index (χ1) is 12.2. The number of piperidine rings is 1. The third-order valence-corrected chi connectivity index (χ3v) is 4.94. The van der Waals surface area contributed by atoms with Crippen LogP contribution in [-0.2, 0) is 4.74 Å². The zero-order chi connectivity index (χ0) is 17.4. The van der Waals surface area contributed by atoms with Crippen LogP contribution in [-0.4, -0.2) is 57.3 Å². The predicted molar refractivity (Wildman–Crippen MR) is 88.2 cm³/mol. The Kier molecular flexibility index (Phi) is 4.12. The number of aromatic amines is 1. The summed E-state index contributed by atoms with van der Waals surface area (Å²) in [5.41, 5.74) is 0.489. The molecule has 2 aromatic rings. The minimum absolute atomic E-state index is 0.0178. The maximum Gasteiger partial charge on any atom is 0.259 e. The molecule has 4 heterocycles. The number of aromatic nitrogens is 4. The first-order valence-electron chi connectivity index (χ1n) is 8.48. The summed E-state index contributed by atoms with van der Waals surface area (Å²) in [6.45, 7) is 3.16. The first kappa shape index (κ1) is 16.0. The fourth-order valence-corrected chi connectivity index (χ4v) is 3.67. The molecule has 2 saturated heterocycles. The van der Waals surface area contributed by atoms with Gasteiger partial charge >= 0.3 is 0 Å². The molecule has 4 rings (SSSR count). The summed E-state index contributed by atoms with van der Waals surface area (Å²) in [4.78, 5) is 23.2. The summed E-state index contributed by atoms with van der Waals surface area (Å²) in [6, 6.07) is 3.49. The van der Waals surface area contributed by atoms with Crippen LogP contribution in [0.1, 0.15) is 41.0 Å². The van der Waals surface area contributed by atoms with Crippen molar-refractivity contribution in [2.24, 2.45) is 5.92 Å². The second-order valence-corrected chi connectivity index (χ2v) is 6.54. The molecule has 25 heavy (non-hydrogen) atoms. The highest BCUT2D eigenvalue weighted by molar-refractivity contribution is 5.96. The predicted octanol–water partition coefficient (Wildman–Crippen LogP) is 1.51. The van der Waals surface area contributed by atoms with Crippen LogP contribution in [0, 0.1) is 12.8 Å². The largest absolute Gasteiger partial charge is 0.480 e. The van der Waals surface area contributed by atoms with Gasteiger partial charge in [0, 0.05) is 19.3 Å². The molecule has 1 N–H and O–H groups in total. The van der Waals surface area contributed by atoms with Crippen molar-refractivity contribution in [1.29, 1.82) is 0 Å². The number of fused-ring (bicyclic) bond motifs is 1. The summed E-state index contributed by atoms with van der Waals surface area (Å²) >= 11 is 0. The van der Waals surface area contributed by atoms with Gasteiger partial charge in [-0.1, -0.05) is 0 Å². The number of carbonyl (C=O) groups is 1. The molecule has 8 heteroatoms. The Morgan fingerprint density at radius 3 is 3.12 bits per heavy atom. The lowest BCUT2D eigenvalue weighted by Gasteiger charge is -2.34. The summed E-state index contributed by atoms with van der Waals surface area (Å²) in [5.74, 6) is 2.22. The monoisotopic (exact) mass is 343 g/mol. The molecule has 0 aromatic carbocycles. The SMILES string of the molecule is COc1ncccc1C(=O)N1CC[C@@H]2C[C@@H](c3n[nH]c(C)n3)O[C@H]2C1. The lowest BCUT2D eigenvalue weighted by molar-refractivity contribution is -0.00692. The second-order valence-electron chi connectivity index (χ2n) is 6.54. The highest BCUT2D eigenvalue weighted by Gasteiger charge is 2.42. The summed E-state index contributed by atoms with van der Waals surface area (Å²) in [5, 5.41) is 7.08. The molecule has 2 fully saturated rings. The lowest BCUT2D eigenvalue weighted by Crippen LogP contribution is -2.45. The quantitative estimate of drug-likeness (QED) is 0.908. The molecule has 8 nitrogen and oxygen atoms in total. The van der Waals surface area contributed by atoms with Gasteiger partial charge in [0.25, 0.3) is 5.91 Å². The number of aryl methyl sites for hydroxylation is 1. The van der Waals surface area contributed by atoms with Crippen molar-refractivity contribution in [2.75, 3.05) is 20.2 Å². The van der Waals surface area contributed by atoms with Gasteiger partial charge in [0.2, 0.25) is 5.88 Å². The Bertz CT molecular complexity index is 777. The Labute approximate surface area is 145 Å². The number of H-pyrrole nitrogens is 1. The highest BCUT2D eigenvalue weighted by Crippen LogP contribution is 2.40. The van der Waals surface area contributed by atoms with Crippen molar-refractivity contribution >= 4 is 5.91 Å². The summed E-state index contributed by atoms with van der Waals surface area (Å²) in [6.07, 6.45) is 3.36. The molecule has 2 aromatic heterocycles. The number of carbonyl (C=O) groups excluding carboxylic acids is 1. The number of rotatable bonds is 3. The average Bonchev–Trinajstić information content (AvgIpc) is 3.26. The lowest BCUT2D eigenvalue weighted by atomic mass is 9.91. The van der Waals surface area contributed by atoms with Gasteiger partial charge in [-0.05, 0) is 37.8 Å². The van der Waals surface area contributed by atoms with Crippen LogP contribution in [0.25, 0.3) is 0 Å². The van der Waals surface area contributed by atoms with Gasteiger partial charge < -0.3 is 14.4 Å². The fourth-order valence-electron chi connectivity index (χ4n) is 3.67. The molecule has 132 valence electrons. The van der Waals surface area contributed by atoms with Gasteiger partial charge in [-0.25, -0.2) is 9.97 Å². The number of likely N-dealkylation sites (tertiary alicyclic amines) is 1. The van der Waals surface area contributed by atoms with Crippen LogP contribution in [0.5, 0.6) is 5.88 Å². The molecule has 0 saturated carbocycles. The number of hydrogen-bond acceptors (Lipinski definition) is 6. The van der Waals surface area contributed by atoms with E-state index in [0.29, 0.717) is 36.3 Å². The number of pyridine rings is 1. The van der Waals surface area contributed by atoms with Gasteiger partial charge in [0.05, 0.1) is 13.2 Å². The molecule has 0 aliphatic carbocycles. The topological polar surface area (TPSA) is 93.2 Å². The van der Waals surface area contributed by atoms with Crippen molar-refractivity contribution in [3.8, 4) is 5.88 Å². The zero-order valence-corrected chi connectivity index (χ0v) is 14.3. The van der Waals surface area contributed by atoms with Crippen LogP contribution < -0.4 is 4.74 Å². The third kappa shape index (κ3) is 2.97. The van der Waals surface area contributed by atoms with Crippen molar-refractivity contribution in [1.82, 2.24) is 25.1 Å². The number of nitrogens with zero attached hydrogens (tertiary/aromatic N) is 4. The number of hydrogen-bond donors (Lipinski definition) is 1. The van der Waals surface area contributed by atoms with Gasteiger partial charge in [-0.2, -0.15) is 5.10 Å². The molecule has 0 spiro atoms. The standard InChI is InChI=1S/C17H21N5O3/c1-10-19-15(21-20-10)13-8-11-5-7-22(9-14(11)25-13)17(23)12-4-3-6-18-16(12)24-2/h3-4,6,11,13-14H,5,7-9H2,1-2H3,(H,19,20,21)/t11-,13+,14+/m1/s1. The Morgan fingerprint density at radius 1 is 1.48 bits per heavy atom. The minimum Gasteiger partial charge on any atom is -0.480 e. The molecular formula is C17H21N5O3. The zero-order valence-electron chi connectivity index (χ0n) is 14.3. The van der Waals surface area contributed by atoms with Crippen LogP contribution in [0.2, 0.25) is 0 Å². The Morgan fingerprint density at radius 2 is 2.36 bits per heavy atom. The van der Waals surface area contributed by atoms with E-state index in [1.54, 1.807) is 18.3 Å². The smallest absolute Gasteiger partial charge is 0.259 e. The van der Waals surface area contributed by atoms with Crippen LogP contribution in [0.15, 0.2) is 18.3 Å². The number of amides is 1. The van der Waals surface area contributed by atoms with E-state index in [1.165, 1.54) is 7.11 Å². The van der Waals surface area contributed by atoms with E-state index in [4.69, 9.17) is 9.47 Å². The van der Waals surface area contributed by atoms with E-state index in [-0.39, 0.29) is 18.1 Å². The van der Waals surface area contributed by atoms with Gasteiger partial charge in [0.15, 0.2) is 5.82 Å². The van der Waals surface area contributed by atoms with Crippen molar-refractivity contribution < 1.29 is 14.3 Å². The van der Waals surface area contributed by atoms with Gasteiger partial charge in [-0.3, -0.25) is 9.89 Å². The maximum atomic E-state index is 12.8. The van der Waals surface area contributed by atoms with E-state index in [2.05, 4.69) is 20.2 Å². The summed E-state index contributed by atoms with van der Waals surface area (Å²) in [7, 11) is 1.52. The molecule has 3 atom stereocenters. The van der Waals surface area contributed by atoms with Crippen molar-refractivity contribution in [3.05, 3.63) is 35.5 Å². The normalized spacial score (nSPS) is 25.7. The van der Waals surface area contributed by atoms with Crippen LogP contribution in [0.3, 0.4) is 0 Å². The highest BCUT2D eigenvalue weighted by atomic mass is 16.5. The van der Waals surface area contributed by atoms with Crippen molar-refractivity contribution in [3.63, 3.8) is 0 Å². The van der Waals surface area contributed by atoms with Gasteiger partial charge in [0.1, 0.15) is 17.5 Å². The number of ether oxygens (including phenoxy) is 2. The van der Waals surface area contributed by atoms with E-state index in [9.17, 15) is 4.79 Å². The number of nitrogens with one attached hydrogen (secondary N) is 1. The molecule has 0 unspecified atom stereocenters. The molecule has 2 aliphatic rings. The molecule has 2 aliphatic heterocycles. The third-order valence-electron chi connectivity index (χ3n) is 4.94. The van der Waals surface area contributed by atoms with Crippen LogP contribution in [0.4, 0.5) is 0 Å². The van der Waals surface area contributed by atoms with E-state index < -0.39 is 0 Å².